The molecule has 0 saturated carbocycles. The van der Waals surface area contributed by atoms with Crippen molar-refractivity contribution >= 4 is 5.96 Å². The molecule has 5 nitrogen and oxygen atoms in total. The highest BCUT2D eigenvalue weighted by Gasteiger charge is 2.07. The van der Waals surface area contributed by atoms with E-state index in [4.69, 9.17) is 10.3 Å². The van der Waals surface area contributed by atoms with Crippen LogP contribution in [0.3, 0.4) is 0 Å². The van der Waals surface area contributed by atoms with Gasteiger partial charge in [-0.2, -0.15) is 0 Å². The molecule has 17 heavy (non-hydrogen) atoms. The summed E-state index contributed by atoms with van der Waals surface area (Å²) in [5.74, 6) is 1.37. The summed E-state index contributed by atoms with van der Waals surface area (Å²) in [6, 6.07) is 0.359. The van der Waals surface area contributed by atoms with Gasteiger partial charge < -0.3 is 15.6 Å². The summed E-state index contributed by atoms with van der Waals surface area (Å²) in [5, 5.41) is 7.03. The van der Waals surface area contributed by atoms with Crippen LogP contribution in [0.25, 0.3) is 0 Å². The van der Waals surface area contributed by atoms with Gasteiger partial charge >= 0.3 is 0 Å². The normalized spacial score (nSPS) is 13.8. The Morgan fingerprint density at radius 3 is 2.76 bits per heavy atom. The van der Waals surface area contributed by atoms with Gasteiger partial charge in [-0.1, -0.05) is 12.1 Å². The lowest BCUT2D eigenvalue weighted by Gasteiger charge is -2.11. The first kappa shape index (κ1) is 13.5. The third-order valence-electron chi connectivity index (χ3n) is 2.83. The van der Waals surface area contributed by atoms with Gasteiger partial charge in [0.05, 0.1) is 5.69 Å². The van der Waals surface area contributed by atoms with Crippen LogP contribution in [0.2, 0.25) is 0 Å². The van der Waals surface area contributed by atoms with E-state index in [2.05, 4.69) is 29.3 Å². The largest absolute Gasteiger partial charge is 0.370 e. The molecule has 1 atom stereocenters. The van der Waals surface area contributed by atoms with Crippen molar-refractivity contribution in [3.63, 3.8) is 0 Å². The summed E-state index contributed by atoms with van der Waals surface area (Å²) in [7, 11) is 0. The molecule has 0 fully saturated rings. The molecule has 0 spiro atoms. The van der Waals surface area contributed by atoms with Gasteiger partial charge in [0.15, 0.2) is 5.96 Å². The fourth-order valence-corrected chi connectivity index (χ4v) is 1.55. The Morgan fingerprint density at radius 2 is 2.24 bits per heavy atom. The molecule has 1 aromatic rings. The van der Waals surface area contributed by atoms with Gasteiger partial charge in [0.2, 0.25) is 0 Å². The Morgan fingerprint density at radius 1 is 1.53 bits per heavy atom. The molecule has 96 valence electrons. The molecule has 0 aliphatic carbocycles. The average molecular weight is 238 g/mol. The van der Waals surface area contributed by atoms with E-state index in [9.17, 15) is 0 Å². The minimum atomic E-state index is 0.359. The number of aromatic nitrogens is 1. The highest BCUT2D eigenvalue weighted by atomic mass is 16.5. The zero-order chi connectivity index (χ0) is 12.8. The summed E-state index contributed by atoms with van der Waals surface area (Å²) in [6.45, 7) is 8.69. The Labute approximate surface area is 102 Å². The topological polar surface area (TPSA) is 76.4 Å². The maximum Gasteiger partial charge on any atom is 0.188 e. The van der Waals surface area contributed by atoms with E-state index < -0.39 is 0 Å². The number of nitrogens with one attached hydrogen (secondary N) is 1. The monoisotopic (exact) mass is 238 g/mol. The summed E-state index contributed by atoms with van der Waals surface area (Å²) in [6.07, 6.45) is 1.84. The molecule has 1 unspecified atom stereocenters. The molecule has 0 bridgehead atoms. The zero-order valence-electron chi connectivity index (χ0n) is 11.1. The van der Waals surface area contributed by atoms with Crippen LogP contribution in [0.1, 0.15) is 37.3 Å². The number of rotatable bonds is 5. The van der Waals surface area contributed by atoms with Crippen LogP contribution in [0.5, 0.6) is 0 Å². The molecular formula is C12H22N4O. The molecule has 0 aliphatic rings. The second-order valence-corrected chi connectivity index (χ2v) is 4.27. The maximum absolute atomic E-state index is 5.77. The second kappa shape index (κ2) is 6.27. The lowest BCUT2D eigenvalue weighted by molar-refractivity contribution is 0.392. The summed E-state index contributed by atoms with van der Waals surface area (Å²) in [5.41, 5.74) is 7.83. The quantitative estimate of drug-likeness (QED) is 0.602. The highest BCUT2D eigenvalue weighted by molar-refractivity contribution is 5.78. The molecule has 0 aliphatic heterocycles. The van der Waals surface area contributed by atoms with E-state index in [1.807, 2.05) is 13.8 Å². The number of nitrogens with zero attached hydrogens (tertiary/aromatic N) is 2. The first-order chi connectivity index (χ1) is 8.04. The van der Waals surface area contributed by atoms with Gasteiger partial charge in [0, 0.05) is 18.2 Å². The van der Waals surface area contributed by atoms with Crippen LogP contribution in [-0.2, 0) is 6.42 Å². The van der Waals surface area contributed by atoms with E-state index in [-0.39, 0.29) is 0 Å². The van der Waals surface area contributed by atoms with Gasteiger partial charge in [0.1, 0.15) is 5.76 Å². The minimum absolute atomic E-state index is 0.359. The first-order valence-corrected chi connectivity index (χ1v) is 6.02. The number of nitrogens with two attached hydrogens (primary N) is 1. The predicted molar refractivity (Wildman–Crippen MR) is 69.1 cm³/mol. The fraction of sp³-hybridized carbons (Fsp3) is 0.667. The molecule has 0 radical (unpaired) electrons. The van der Waals surface area contributed by atoms with Crippen molar-refractivity contribution < 1.29 is 4.52 Å². The number of aliphatic imine (C=N–C) groups is 1. The van der Waals surface area contributed by atoms with Crippen LogP contribution in [0.15, 0.2) is 9.52 Å². The first-order valence-electron chi connectivity index (χ1n) is 6.02. The minimum Gasteiger partial charge on any atom is -0.370 e. The number of hydrogen-bond acceptors (Lipinski definition) is 3. The smallest absolute Gasteiger partial charge is 0.188 e. The van der Waals surface area contributed by atoms with Crippen molar-refractivity contribution in [1.82, 2.24) is 10.5 Å². The molecule has 3 N–H and O–H groups in total. The lowest BCUT2D eigenvalue weighted by Crippen LogP contribution is -2.38. The highest BCUT2D eigenvalue weighted by Crippen LogP contribution is 2.12. The van der Waals surface area contributed by atoms with Gasteiger partial charge in [-0.05, 0) is 33.6 Å². The Hall–Kier alpha value is -1.52. The van der Waals surface area contributed by atoms with E-state index in [1.54, 1.807) is 0 Å². The number of aryl methyl sites for hydroxylation is 2. The standard InChI is InChI=1S/C12H22N4O/c1-5-8(2)15-12(13)14-7-6-11-9(3)16-17-10(11)4/h8H,5-7H2,1-4H3,(H3,13,14,15). The summed E-state index contributed by atoms with van der Waals surface area (Å²) >= 11 is 0. The number of hydrogen-bond donors (Lipinski definition) is 2. The van der Waals surface area contributed by atoms with Crippen molar-refractivity contribution in [3.8, 4) is 0 Å². The number of guanidine groups is 1. The molecule has 0 amide bonds. The van der Waals surface area contributed by atoms with Gasteiger partial charge in [-0.15, -0.1) is 0 Å². The second-order valence-electron chi connectivity index (χ2n) is 4.27. The fourth-order valence-electron chi connectivity index (χ4n) is 1.55. The van der Waals surface area contributed by atoms with E-state index in [0.717, 1.165) is 29.9 Å². The van der Waals surface area contributed by atoms with Crippen molar-refractivity contribution in [2.75, 3.05) is 6.54 Å². The van der Waals surface area contributed by atoms with E-state index >= 15 is 0 Å². The van der Waals surface area contributed by atoms with Gasteiger partial charge in [-0.25, -0.2) is 0 Å². The Kier molecular flexibility index (Phi) is 5.00. The Bertz CT molecular complexity index is 364. The lowest BCUT2D eigenvalue weighted by atomic mass is 10.1. The molecule has 1 heterocycles. The third kappa shape index (κ3) is 4.09. The van der Waals surface area contributed by atoms with Crippen molar-refractivity contribution in [3.05, 3.63) is 17.0 Å². The van der Waals surface area contributed by atoms with Crippen LogP contribution >= 0.6 is 0 Å². The molecule has 0 aromatic carbocycles. The molecule has 5 heteroatoms. The molecule has 1 rings (SSSR count). The van der Waals surface area contributed by atoms with E-state index in [1.165, 1.54) is 0 Å². The molecule has 0 saturated heterocycles. The average Bonchev–Trinajstić information content (AvgIpc) is 2.60. The summed E-state index contributed by atoms with van der Waals surface area (Å²) in [4.78, 5) is 4.28. The Balaban J connectivity index is 2.44. The van der Waals surface area contributed by atoms with Crippen LogP contribution in [0, 0.1) is 13.8 Å². The van der Waals surface area contributed by atoms with Crippen LogP contribution < -0.4 is 11.1 Å². The van der Waals surface area contributed by atoms with Crippen molar-refractivity contribution in [1.29, 1.82) is 0 Å². The molecular weight excluding hydrogens is 216 g/mol. The van der Waals surface area contributed by atoms with Crippen LogP contribution in [-0.4, -0.2) is 23.7 Å². The summed E-state index contributed by atoms with van der Waals surface area (Å²) < 4.78 is 5.09. The van der Waals surface area contributed by atoms with Gasteiger partial charge in [-0.3, -0.25) is 4.99 Å². The predicted octanol–water partition coefficient (Wildman–Crippen LogP) is 1.54. The van der Waals surface area contributed by atoms with E-state index in [0.29, 0.717) is 18.5 Å². The zero-order valence-corrected chi connectivity index (χ0v) is 11.1. The van der Waals surface area contributed by atoms with Crippen molar-refractivity contribution in [2.24, 2.45) is 10.7 Å². The van der Waals surface area contributed by atoms with Crippen LogP contribution in [0.4, 0.5) is 0 Å². The third-order valence-corrected chi connectivity index (χ3v) is 2.83. The van der Waals surface area contributed by atoms with Crippen molar-refractivity contribution in [2.45, 2.75) is 46.6 Å². The molecule has 1 aromatic heterocycles. The SMILES string of the molecule is CCC(C)NC(N)=NCCc1c(C)noc1C. The maximum atomic E-state index is 5.77. The van der Waals surface area contributed by atoms with Gasteiger partial charge in [0.25, 0.3) is 0 Å².